The van der Waals surface area contributed by atoms with Crippen molar-refractivity contribution in [1.29, 1.82) is 0 Å². The SMILES string of the molecule is FC(F)(F)COC[C@@H]1Cc2ccccc2N1. The summed E-state index contributed by atoms with van der Waals surface area (Å²) in [5.74, 6) is 0. The normalized spacial score (nSPS) is 19.3. The Hall–Kier alpha value is -1.23. The number of alkyl halides is 3. The van der Waals surface area contributed by atoms with Crippen LogP contribution in [-0.4, -0.2) is 25.4 Å². The highest BCUT2D eigenvalue weighted by Gasteiger charge is 2.28. The van der Waals surface area contributed by atoms with Crippen LogP contribution in [0.3, 0.4) is 0 Å². The lowest BCUT2D eigenvalue weighted by Crippen LogP contribution is -2.26. The van der Waals surface area contributed by atoms with Crippen molar-refractivity contribution in [2.75, 3.05) is 18.5 Å². The monoisotopic (exact) mass is 231 g/mol. The van der Waals surface area contributed by atoms with E-state index in [0.29, 0.717) is 6.42 Å². The van der Waals surface area contributed by atoms with Gasteiger partial charge in [0.05, 0.1) is 12.6 Å². The van der Waals surface area contributed by atoms with Crippen LogP contribution < -0.4 is 5.32 Å². The molecule has 0 unspecified atom stereocenters. The molecule has 1 heterocycles. The van der Waals surface area contributed by atoms with Gasteiger partial charge < -0.3 is 10.1 Å². The van der Waals surface area contributed by atoms with Gasteiger partial charge in [-0.15, -0.1) is 0 Å². The Bertz CT molecular complexity index is 339. The number of hydrogen-bond donors (Lipinski definition) is 1. The van der Waals surface area contributed by atoms with E-state index in [-0.39, 0.29) is 12.6 Å². The molecule has 1 N–H and O–H groups in total. The van der Waals surface area contributed by atoms with Gasteiger partial charge in [-0.2, -0.15) is 13.2 Å². The zero-order valence-corrected chi connectivity index (χ0v) is 8.55. The zero-order valence-electron chi connectivity index (χ0n) is 8.55. The minimum absolute atomic E-state index is 0.0558. The molecule has 0 radical (unpaired) electrons. The second kappa shape index (κ2) is 4.33. The third kappa shape index (κ3) is 2.88. The summed E-state index contributed by atoms with van der Waals surface area (Å²) in [6, 6.07) is 7.63. The molecule has 1 atom stereocenters. The average molecular weight is 231 g/mol. The van der Waals surface area contributed by atoms with Crippen LogP contribution in [0.1, 0.15) is 5.56 Å². The van der Waals surface area contributed by atoms with Gasteiger partial charge in [0.15, 0.2) is 0 Å². The fraction of sp³-hybridized carbons (Fsp3) is 0.455. The van der Waals surface area contributed by atoms with E-state index in [1.165, 1.54) is 0 Å². The van der Waals surface area contributed by atoms with Crippen molar-refractivity contribution in [2.45, 2.75) is 18.6 Å². The second-order valence-electron chi connectivity index (χ2n) is 3.83. The Morgan fingerprint density at radius 1 is 1.31 bits per heavy atom. The van der Waals surface area contributed by atoms with Crippen LogP contribution in [0.5, 0.6) is 0 Å². The van der Waals surface area contributed by atoms with Gasteiger partial charge in [0.1, 0.15) is 6.61 Å². The Morgan fingerprint density at radius 2 is 2.06 bits per heavy atom. The van der Waals surface area contributed by atoms with E-state index in [9.17, 15) is 13.2 Å². The maximum Gasteiger partial charge on any atom is 0.411 e. The van der Waals surface area contributed by atoms with E-state index < -0.39 is 12.8 Å². The first-order valence-electron chi connectivity index (χ1n) is 5.03. The van der Waals surface area contributed by atoms with Gasteiger partial charge in [0.25, 0.3) is 0 Å². The van der Waals surface area contributed by atoms with Crippen LogP contribution in [0, 0.1) is 0 Å². The molecule has 0 saturated carbocycles. The average Bonchev–Trinajstić information content (AvgIpc) is 2.57. The molecule has 1 aromatic carbocycles. The number of fused-ring (bicyclic) bond motifs is 1. The molecule has 1 aliphatic heterocycles. The van der Waals surface area contributed by atoms with Crippen molar-refractivity contribution >= 4 is 5.69 Å². The Balaban J connectivity index is 1.79. The molecule has 0 saturated heterocycles. The van der Waals surface area contributed by atoms with Crippen LogP contribution in [0.15, 0.2) is 24.3 Å². The van der Waals surface area contributed by atoms with Crippen LogP contribution >= 0.6 is 0 Å². The highest BCUT2D eigenvalue weighted by Crippen LogP contribution is 2.25. The lowest BCUT2D eigenvalue weighted by molar-refractivity contribution is -0.174. The van der Waals surface area contributed by atoms with Gasteiger partial charge in [0.2, 0.25) is 0 Å². The van der Waals surface area contributed by atoms with Gasteiger partial charge in [0, 0.05) is 5.69 Å². The van der Waals surface area contributed by atoms with Crippen molar-refractivity contribution in [3.8, 4) is 0 Å². The maximum absolute atomic E-state index is 11.8. The zero-order chi connectivity index (χ0) is 11.6. The maximum atomic E-state index is 11.8. The molecule has 2 rings (SSSR count). The minimum Gasteiger partial charge on any atom is -0.379 e. The van der Waals surface area contributed by atoms with E-state index >= 15 is 0 Å². The Labute approximate surface area is 91.4 Å². The summed E-state index contributed by atoms with van der Waals surface area (Å²) in [6.07, 6.45) is -3.53. The number of ether oxygens (including phenoxy) is 1. The summed E-state index contributed by atoms with van der Waals surface area (Å²) >= 11 is 0. The standard InChI is InChI=1S/C11H12F3NO/c12-11(13,14)7-16-6-9-5-8-3-1-2-4-10(8)15-9/h1-4,9,15H,5-7H2/t9-/m0/s1. The largest absolute Gasteiger partial charge is 0.411 e. The van der Waals surface area contributed by atoms with Crippen LogP contribution in [0.4, 0.5) is 18.9 Å². The van der Waals surface area contributed by atoms with E-state index in [0.717, 1.165) is 11.3 Å². The van der Waals surface area contributed by atoms with Crippen molar-refractivity contribution in [1.82, 2.24) is 0 Å². The number of nitrogens with one attached hydrogen (secondary N) is 1. The summed E-state index contributed by atoms with van der Waals surface area (Å²) in [7, 11) is 0. The third-order valence-electron chi connectivity index (χ3n) is 2.43. The molecule has 0 spiro atoms. The van der Waals surface area contributed by atoms with Crippen LogP contribution in [0.2, 0.25) is 0 Å². The van der Waals surface area contributed by atoms with E-state index in [1.807, 2.05) is 24.3 Å². The number of para-hydroxylation sites is 1. The van der Waals surface area contributed by atoms with Gasteiger partial charge >= 0.3 is 6.18 Å². The molecule has 16 heavy (non-hydrogen) atoms. The molecule has 2 nitrogen and oxygen atoms in total. The smallest absolute Gasteiger partial charge is 0.379 e. The highest BCUT2D eigenvalue weighted by atomic mass is 19.4. The Kier molecular flexibility index (Phi) is 3.05. The molecule has 1 aliphatic rings. The second-order valence-corrected chi connectivity index (χ2v) is 3.83. The summed E-state index contributed by atoms with van der Waals surface area (Å²) in [6.45, 7) is -1.10. The van der Waals surface area contributed by atoms with E-state index in [1.54, 1.807) is 0 Å². The van der Waals surface area contributed by atoms with Crippen molar-refractivity contribution < 1.29 is 17.9 Å². The predicted octanol–water partition coefficient (Wildman–Crippen LogP) is 2.60. The van der Waals surface area contributed by atoms with Crippen molar-refractivity contribution in [2.24, 2.45) is 0 Å². The number of halogens is 3. The highest BCUT2D eigenvalue weighted by molar-refractivity contribution is 5.56. The van der Waals surface area contributed by atoms with Crippen molar-refractivity contribution in [3.63, 3.8) is 0 Å². The molecule has 1 aromatic rings. The predicted molar refractivity (Wildman–Crippen MR) is 54.4 cm³/mol. The molecular formula is C11H12F3NO. The van der Waals surface area contributed by atoms with Gasteiger partial charge in [-0.3, -0.25) is 0 Å². The van der Waals surface area contributed by atoms with Crippen molar-refractivity contribution in [3.05, 3.63) is 29.8 Å². The molecule has 0 aliphatic carbocycles. The number of rotatable bonds is 3. The summed E-state index contributed by atoms with van der Waals surface area (Å²) in [5.41, 5.74) is 2.12. The quantitative estimate of drug-likeness (QED) is 0.863. The first-order chi connectivity index (χ1) is 7.54. The summed E-state index contributed by atoms with van der Waals surface area (Å²) in [4.78, 5) is 0. The molecule has 0 fully saturated rings. The minimum atomic E-state index is -4.24. The Morgan fingerprint density at radius 3 is 2.75 bits per heavy atom. The summed E-state index contributed by atoms with van der Waals surface area (Å²) < 4.78 is 40.2. The van der Waals surface area contributed by atoms with Gasteiger partial charge in [-0.25, -0.2) is 0 Å². The number of benzene rings is 1. The fourth-order valence-corrected chi connectivity index (χ4v) is 1.79. The molecule has 0 amide bonds. The lowest BCUT2D eigenvalue weighted by Gasteiger charge is -2.13. The first kappa shape index (κ1) is 11.3. The van der Waals surface area contributed by atoms with Crippen LogP contribution in [-0.2, 0) is 11.2 Å². The molecular weight excluding hydrogens is 219 g/mol. The first-order valence-corrected chi connectivity index (χ1v) is 5.03. The van der Waals surface area contributed by atoms with Crippen LogP contribution in [0.25, 0.3) is 0 Å². The lowest BCUT2D eigenvalue weighted by atomic mass is 10.1. The van der Waals surface area contributed by atoms with Gasteiger partial charge in [-0.1, -0.05) is 18.2 Å². The summed E-state index contributed by atoms with van der Waals surface area (Å²) in [5, 5.41) is 3.13. The topological polar surface area (TPSA) is 21.3 Å². The number of anilines is 1. The molecule has 88 valence electrons. The number of hydrogen-bond acceptors (Lipinski definition) is 2. The fourth-order valence-electron chi connectivity index (χ4n) is 1.79. The van der Waals surface area contributed by atoms with E-state index in [4.69, 9.17) is 0 Å². The molecule has 0 aromatic heterocycles. The van der Waals surface area contributed by atoms with E-state index in [2.05, 4.69) is 10.1 Å². The third-order valence-corrected chi connectivity index (χ3v) is 2.43. The molecule has 0 bridgehead atoms. The van der Waals surface area contributed by atoms with Gasteiger partial charge in [-0.05, 0) is 18.1 Å². The molecule has 5 heteroatoms.